The first-order valence-corrected chi connectivity index (χ1v) is 7.30. The molecule has 4 nitrogen and oxygen atoms in total. The van der Waals surface area contributed by atoms with Gasteiger partial charge in [0.05, 0.1) is 5.56 Å². The smallest absolute Gasteiger partial charge is 0.335 e. The summed E-state index contributed by atoms with van der Waals surface area (Å²) in [6.45, 7) is 6.11. The molecule has 0 amide bonds. The molecule has 2 rings (SSSR count). The Hall–Kier alpha value is -1.55. The zero-order valence-corrected chi connectivity index (χ0v) is 12.2. The second-order valence-electron chi connectivity index (χ2n) is 5.54. The number of piperidine rings is 1. The molecule has 1 fully saturated rings. The van der Waals surface area contributed by atoms with Crippen LogP contribution in [0.25, 0.3) is 0 Å². The number of rotatable bonds is 5. The maximum absolute atomic E-state index is 10.8. The number of hydrogen-bond donors (Lipinski definition) is 1. The van der Waals surface area contributed by atoms with Gasteiger partial charge in [0.25, 0.3) is 0 Å². The van der Waals surface area contributed by atoms with E-state index in [2.05, 4.69) is 18.7 Å². The third-order valence-corrected chi connectivity index (χ3v) is 4.10. The quantitative estimate of drug-likeness (QED) is 0.898. The lowest BCUT2D eigenvalue weighted by Crippen LogP contribution is -2.45. The van der Waals surface area contributed by atoms with Crippen molar-refractivity contribution in [2.24, 2.45) is 0 Å². The lowest BCUT2D eigenvalue weighted by Gasteiger charge is -2.38. The van der Waals surface area contributed by atoms with Crippen LogP contribution >= 0.6 is 0 Å². The largest absolute Gasteiger partial charge is 0.492 e. The molecule has 0 bridgehead atoms. The topological polar surface area (TPSA) is 49.8 Å². The number of nitrogens with zero attached hydrogens (tertiary/aromatic N) is 1. The summed E-state index contributed by atoms with van der Waals surface area (Å²) in [5.74, 6) is -0.181. The predicted octanol–water partition coefficient (Wildman–Crippen LogP) is 3.03. The van der Waals surface area contributed by atoms with Crippen LogP contribution in [0.5, 0.6) is 5.75 Å². The van der Waals surface area contributed by atoms with Gasteiger partial charge >= 0.3 is 5.97 Å². The van der Waals surface area contributed by atoms with Gasteiger partial charge in [0.15, 0.2) is 0 Å². The van der Waals surface area contributed by atoms with Crippen molar-refractivity contribution in [3.05, 3.63) is 29.8 Å². The fourth-order valence-corrected chi connectivity index (χ4v) is 2.88. The van der Waals surface area contributed by atoms with Crippen LogP contribution in [0.15, 0.2) is 24.3 Å². The normalized spacial score (nSPS) is 23.5. The van der Waals surface area contributed by atoms with E-state index in [1.54, 1.807) is 24.3 Å². The molecule has 0 aromatic heterocycles. The molecule has 0 saturated carbocycles. The summed E-state index contributed by atoms with van der Waals surface area (Å²) in [6, 6.07) is 7.82. The number of carboxylic acids is 1. The molecule has 1 heterocycles. The monoisotopic (exact) mass is 277 g/mol. The first-order valence-electron chi connectivity index (χ1n) is 7.30. The van der Waals surface area contributed by atoms with E-state index in [-0.39, 0.29) is 5.56 Å². The average molecular weight is 277 g/mol. The van der Waals surface area contributed by atoms with E-state index in [4.69, 9.17) is 9.84 Å². The summed E-state index contributed by atoms with van der Waals surface area (Å²) >= 11 is 0. The van der Waals surface area contributed by atoms with E-state index in [0.717, 1.165) is 12.3 Å². The Balaban J connectivity index is 1.81. The lowest BCUT2D eigenvalue weighted by molar-refractivity contribution is 0.0696. The first-order chi connectivity index (χ1) is 9.58. The van der Waals surface area contributed by atoms with Gasteiger partial charge in [-0.05, 0) is 51.0 Å². The van der Waals surface area contributed by atoms with Gasteiger partial charge < -0.3 is 9.84 Å². The van der Waals surface area contributed by atoms with Crippen molar-refractivity contribution >= 4 is 5.97 Å². The molecular formula is C16H23NO3. The van der Waals surface area contributed by atoms with Gasteiger partial charge in [-0.2, -0.15) is 0 Å². The molecule has 20 heavy (non-hydrogen) atoms. The van der Waals surface area contributed by atoms with Crippen LogP contribution in [-0.2, 0) is 0 Å². The van der Waals surface area contributed by atoms with Crippen LogP contribution in [0.1, 0.15) is 43.5 Å². The highest BCUT2D eigenvalue weighted by Crippen LogP contribution is 2.22. The van der Waals surface area contributed by atoms with Crippen LogP contribution in [0, 0.1) is 0 Å². The second-order valence-corrected chi connectivity index (χ2v) is 5.54. The molecule has 4 heteroatoms. The Labute approximate surface area is 120 Å². The number of benzene rings is 1. The molecule has 0 spiro atoms. The number of likely N-dealkylation sites (tertiary alicyclic amines) is 1. The van der Waals surface area contributed by atoms with Crippen molar-refractivity contribution < 1.29 is 14.6 Å². The van der Waals surface area contributed by atoms with Gasteiger partial charge in [0.1, 0.15) is 12.4 Å². The number of carbonyl (C=O) groups is 1. The van der Waals surface area contributed by atoms with E-state index >= 15 is 0 Å². The number of ether oxygens (including phenoxy) is 1. The minimum Gasteiger partial charge on any atom is -0.492 e. The molecule has 1 aliphatic rings. The highest BCUT2D eigenvalue weighted by Gasteiger charge is 2.23. The molecule has 0 radical (unpaired) electrons. The van der Waals surface area contributed by atoms with Crippen LogP contribution < -0.4 is 4.74 Å². The van der Waals surface area contributed by atoms with Gasteiger partial charge in [-0.1, -0.05) is 6.42 Å². The second kappa shape index (κ2) is 6.75. The molecule has 1 N–H and O–H groups in total. The fraction of sp³-hybridized carbons (Fsp3) is 0.562. The summed E-state index contributed by atoms with van der Waals surface area (Å²) in [7, 11) is 0. The zero-order valence-electron chi connectivity index (χ0n) is 12.2. The third-order valence-electron chi connectivity index (χ3n) is 4.10. The molecule has 2 atom stereocenters. The lowest BCUT2D eigenvalue weighted by atomic mass is 9.98. The van der Waals surface area contributed by atoms with Crippen LogP contribution in [0.3, 0.4) is 0 Å². The Morgan fingerprint density at radius 3 is 2.40 bits per heavy atom. The summed E-state index contributed by atoms with van der Waals surface area (Å²) in [5, 5.41) is 8.83. The van der Waals surface area contributed by atoms with E-state index in [9.17, 15) is 4.79 Å². The summed E-state index contributed by atoms with van der Waals surface area (Å²) in [6.07, 6.45) is 3.84. The molecule has 1 saturated heterocycles. The molecule has 1 aromatic rings. The predicted molar refractivity (Wildman–Crippen MR) is 78.4 cm³/mol. The van der Waals surface area contributed by atoms with Crippen molar-refractivity contribution in [3.63, 3.8) is 0 Å². The first kappa shape index (κ1) is 14.9. The van der Waals surface area contributed by atoms with Crippen LogP contribution in [0.4, 0.5) is 0 Å². The van der Waals surface area contributed by atoms with Gasteiger partial charge in [0.2, 0.25) is 0 Å². The highest BCUT2D eigenvalue weighted by atomic mass is 16.5. The van der Waals surface area contributed by atoms with Crippen LogP contribution in [-0.4, -0.2) is 41.2 Å². The number of hydrogen-bond acceptors (Lipinski definition) is 3. The van der Waals surface area contributed by atoms with Crippen molar-refractivity contribution in [1.82, 2.24) is 4.90 Å². The fourth-order valence-electron chi connectivity index (χ4n) is 2.88. The van der Waals surface area contributed by atoms with Gasteiger partial charge in [0, 0.05) is 18.6 Å². The standard InChI is InChI=1S/C16H23NO3/c1-12-4-3-5-13(2)17(12)10-11-20-15-8-6-14(7-9-15)16(18)19/h6-9,12-13H,3-5,10-11H2,1-2H3,(H,18,19). The van der Waals surface area contributed by atoms with Gasteiger partial charge in [-0.25, -0.2) is 4.79 Å². The van der Waals surface area contributed by atoms with Crippen molar-refractivity contribution in [1.29, 1.82) is 0 Å². The number of carboxylic acid groups (broad SMARTS) is 1. The number of aromatic carboxylic acids is 1. The SMILES string of the molecule is CC1CCCC(C)N1CCOc1ccc(C(=O)O)cc1. The summed E-state index contributed by atoms with van der Waals surface area (Å²) in [5.41, 5.74) is 0.288. The van der Waals surface area contributed by atoms with E-state index < -0.39 is 5.97 Å². The summed E-state index contributed by atoms with van der Waals surface area (Å²) < 4.78 is 5.71. The Morgan fingerprint density at radius 1 is 1.25 bits per heavy atom. The third kappa shape index (κ3) is 3.73. The van der Waals surface area contributed by atoms with E-state index in [1.165, 1.54) is 19.3 Å². The minimum atomic E-state index is -0.910. The molecule has 110 valence electrons. The average Bonchev–Trinajstić information content (AvgIpc) is 2.42. The Morgan fingerprint density at radius 2 is 1.85 bits per heavy atom. The molecule has 1 aliphatic heterocycles. The zero-order chi connectivity index (χ0) is 14.5. The molecule has 0 aliphatic carbocycles. The molecular weight excluding hydrogens is 254 g/mol. The van der Waals surface area contributed by atoms with Gasteiger partial charge in [-0.3, -0.25) is 4.90 Å². The Bertz CT molecular complexity index is 434. The molecule has 1 aromatic carbocycles. The van der Waals surface area contributed by atoms with Crippen molar-refractivity contribution in [3.8, 4) is 5.75 Å². The van der Waals surface area contributed by atoms with Crippen molar-refractivity contribution in [2.45, 2.75) is 45.2 Å². The van der Waals surface area contributed by atoms with E-state index in [0.29, 0.717) is 18.7 Å². The summed E-state index contributed by atoms with van der Waals surface area (Å²) in [4.78, 5) is 13.3. The van der Waals surface area contributed by atoms with Gasteiger partial charge in [-0.15, -0.1) is 0 Å². The van der Waals surface area contributed by atoms with Crippen molar-refractivity contribution in [2.75, 3.05) is 13.2 Å². The highest BCUT2D eigenvalue weighted by molar-refractivity contribution is 5.87. The van der Waals surface area contributed by atoms with E-state index in [1.807, 2.05) is 0 Å². The molecule has 2 unspecified atom stereocenters. The van der Waals surface area contributed by atoms with Crippen LogP contribution in [0.2, 0.25) is 0 Å². The minimum absolute atomic E-state index is 0.288. The Kier molecular flexibility index (Phi) is 5.01. The maximum Gasteiger partial charge on any atom is 0.335 e. The maximum atomic E-state index is 10.8.